The Morgan fingerprint density at radius 1 is 1.05 bits per heavy atom. The Hall–Kier alpha value is -0.710. The van der Waals surface area contributed by atoms with E-state index in [2.05, 4.69) is 61.1 Å². The maximum absolute atomic E-state index is 5.68. The number of alkyl halides is 2. The fourth-order valence-corrected chi connectivity index (χ4v) is 2.41. The summed E-state index contributed by atoms with van der Waals surface area (Å²) in [5.41, 5.74) is 3.52. The molecule has 0 atom stereocenters. The van der Waals surface area contributed by atoms with Crippen LogP contribution in [0, 0.1) is 0 Å². The second-order valence-electron chi connectivity index (χ2n) is 4.53. The van der Waals surface area contributed by atoms with Gasteiger partial charge in [-0.2, -0.15) is 0 Å². The number of pyridine rings is 1. The van der Waals surface area contributed by atoms with Gasteiger partial charge in [-0.3, -0.25) is 4.98 Å². The van der Waals surface area contributed by atoms with E-state index in [0.717, 1.165) is 25.1 Å². The number of rotatable bonds is 7. The van der Waals surface area contributed by atoms with Gasteiger partial charge in [-0.05, 0) is 36.1 Å². The number of nitrogens with zero attached hydrogens (tertiary/aromatic N) is 1. The molecule has 0 unspecified atom stereocenters. The molecule has 0 aliphatic heterocycles. The van der Waals surface area contributed by atoms with Gasteiger partial charge < -0.3 is 4.74 Å². The van der Waals surface area contributed by atoms with E-state index in [9.17, 15) is 0 Å². The summed E-state index contributed by atoms with van der Waals surface area (Å²) >= 11 is 6.93. The standard InChI is InChI=1S/C16H17Br2NO/c17-16(18)15-11-13(8-9-19-15)7-4-10-20-12-14-5-2-1-3-6-14/h1-3,5-6,8-9,11,16H,4,7,10,12H2. The molecule has 1 heterocycles. The Labute approximate surface area is 136 Å². The smallest absolute Gasteiger partial charge is 0.112 e. The minimum atomic E-state index is 0.115. The van der Waals surface area contributed by atoms with E-state index in [1.165, 1.54) is 11.1 Å². The molecule has 0 saturated heterocycles. The molecule has 0 bridgehead atoms. The third-order valence-corrected chi connectivity index (χ3v) is 3.87. The molecular formula is C16H17Br2NO. The molecule has 0 radical (unpaired) electrons. The molecule has 20 heavy (non-hydrogen) atoms. The third-order valence-electron chi connectivity index (χ3n) is 2.93. The van der Waals surface area contributed by atoms with E-state index < -0.39 is 0 Å². The highest BCUT2D eigenvalue weighted by Crippen LogP contribution is 2.27. The lowest BCUT2D eigenvalue weighted by Crippen LogP contribution is -1.98. The number of halogens is 2. The van der Waals surface area contributed by atoms with Gasteiger partial charge in [-0.25, -0.2) is 0 Å². The molecular weight excluding hydrogens is 382 g/mol. The Morgan fingerprint density at radius 3 is 2.60 bits per heavy atom. The summed E-state index contributed by atoms with van der Waals surface area (Å²) < 4.78 is 5.80. The number of aryl methyl sites for hydroxylation is 1. The first-order valence-electron chi connectivity index (χ1n) is 6.60. The topological polar surface area (TPSA) is 22.1 Å². The van der Waals surface area contributed by atoms with Crippen molar-refractivity contribution in [3.05, 3.63) is 65.5 Å². The quantitative estimate of drug-likeness (QED) is 0.482. The van der Waals surface area contributed by atoms with Crippen molar-refractivity contribution in [3.63, 3.8) is 0 Å². The van der Waals surface area contributed by atoms with Crippen molar-refractivity contribution >= 4 is 31.9 Å². The maximum Gasteiger partial charge on any atom is 0.112 e. The van der Waals surface area contributed by atoms with Crippen molar-refractivity contribution in [1.29, 1.82) is 0 Å². The van der Waals surface area contributed by atoms with Crippen molar-refractivity contribution in [3.8, 4) is 0 Å². The van der Waals surface area contributed by atoms with Crippen LogP contribution in [-0.4, -0.2) is 11.6 Å². The number of ether oxygens (including phenoxy) is 1. The fourth-order valence-electron chi connectivity index (χ4n) is 1.91. The second kappa shape index (κ2) is 8.55. The van der Waals surface area contributed by atoms with E-state index in [-0.39, 0.29) is 3.74 Å². The van der Waals surface area contributed by atoms with Crippen LogP contribution in [0.5, 0.6) is 0 Å². The normalized spacial score (nSPS) is 10.9. The first-order chi connectivity index (χ1) is 9.75. The Kier molecular flexibility index (Phi) is 6.70. The molecule has 0 N–H and O–H groups in total. The van der Waals surface area contributed by atoms with Crippen LogP contribution < -0.4 is 0 Å². The van der Waals surface area contributed by atoms with E-state index in [4.69, 9.17) is 4.74 Å². The van der Waals surface area contributed by atoms with E-state index in [0.29, 0.717) is 6.61 Å². The zero-order valence-electron chi connectivity index (χ0n) is 11.1. The maximum atomic E-state index is 5.68. The number of hydrogen-bond acceptors (Lipinski definition) is 2. The largest absolute Gasteiger partial charge is 0.377 e. The molecule has 2 rings (SSSR count). The second-order valence-corrected chi connectivity index (χ2v) is 7.59. The average Bonchev–Trinajstić information content (AvgIpc) is 2.48. The molecule has 0 aliphatic carbocycles. The lowest BCUT2D eigenvalue weighted by Gasteiger charge is -2.06. The van der Waals surface area contributed by atoms with E-state index >= 15 is 0 Å². The van der Waals surface area contributed by atoms with Crippen molar-refractivity contribution in [2.75, 3.05) is 6.61 Å². The van der Waals surface area contributed by atoms with E-state index in [1.807, 2.05) is 24.4 Å². The molecule has 0 saturated carbocycles. The van der Waals surface area contributed by atoms with Crippen LogP contribution in [0.4, 0.5) is 0 Å². The summed E-state index contributed by atoms with van der Waals surface area (Å²) in [6, 6.07) is 14.4. The van der Waals surface area contributed by atoms with Gasteiger partial charge in [-0.15, -0.1) is 0 Å². The Bertz CT molecular complexity index is 517. The number of aromatic nitrogens is 1. The summed E-state index contributed by atoms with van der Waals surface area (Å²) in [4.78, 5) is 4.30. The van der Waals surface area contributed by atoms with Crippen LogP contribution in [0.1, 0.15) is 27.0 Å². The minimum absolute atomic E-state index is 0.115. The lowest BCUT2D eigenvalue weighted by atomic mass is 10.1. The van der Waals surface area contributed by atoms with Gasteiger partial charge in [0.1, 0.15) is 3.74 Å². The highest BCUT2D eigenvalue weighted by atomic mass is 79.9. The number of benzene rings is 1. The summed E-state index contributed by atoms with van der Waals surface area (Å²) in [6.45, 7) is 1.46. The summed E-state index contributed by atoms with van der Waals surface area (Å²) in [5, 5.41) is 0. The molecule has 0 amide bonds. The first kappa shape index (κ1) is 15.7. The van der Waals surface area contributed by atoms with Crippen molar-refractivity contribution < 1.29 is 4.74 Å². The van der Waals surface area contributed by atoms with Gasteiger partial charge in [0, 0.05) is 12.8 Å². The molecule has 106 valence electrons. The van der Waals surface area contributed by atoms with Crippen LogP contribution >= 0.6 is 31.9 Å². The van der Waals surface area contributed by atoms with Crippen molar-refractivity contribution in [2.45, 2.75) is 23.2 Å². The molecule has 0 fully saturated rings. The van der Waals surface area contributed by atoms with Crippen LogP contribution in [0.3, 0.4) is 0 Å². The van der Waals surface area contributed by atoms with Crippen LogP contribution in [0.15, 0.2) is 48.7 Å². The van der Waals surface area contributed by atoms with Crippen LogP contribution in [0.25, 0.3) is 0 Å². The Balaban J connectivity index is 1.69. The van der Waals surface area contributed by atoms with Gasteiger partial charge in [0.2, 0.25) is 0 Å². The highest BCUT2D eigenvalue weighted by Gasteiger charge is 2.04. The predicted octanol–water partition coefficient (Wildman–Crippen LogP) is 5.02. The van der Waals surface area contributed by atoms with Gasteiger partial charge in [0.15, 0.2) is 0 Å². The predicted molar refractivity (Wildman–Crippen MR) is 89.3 cm³/mol. The van der Waals surface area contributed by atoms with Gasteiger partial charge in [-0.1, -0.05) is 62.2 Å². The van der Waals surface area contributed by atoms with Gasteiger partial charge in [0.05, 0.1) is 12.3 Å². The van der Waals surface area contributed by atoms with Crippen LogP contribution in [-0.2, 0) is 17.8 Å². The molecule has 1 aromatic carbocycles. The van der Waals surface area contributed by atoms with Crippen LogP contribution in [0.2, 0.25) is 0 Å². The zero-order chi connectivity index (χ0) is 14.2. The first-order valence-corrected chi connectivity index (χ1v) is 8.43. The highest BCUT2D eigenvalue weighted by molar-refractivity contribution is 9.24. The summed E-state index contributed by atoms with van der Waals surface area (Å²) in [5.74, 6) is 0. The van der Waals surface area contributed by atoms with Crippen molar-refractivity contribution in [2.24, 2.45) is 0 Å². The Morgan fingerprint density at radius 2 is 1.85 bits per heavy atom. The van der Waals surface area contributed by atoms with Crippen molar-refractivity contribution in [1.82, 2.24) is 4.98 Å². The molecule has 0 spiro atoms. The van der Waals surface area contributed by atoms with Gasteiger partial charge in [0.25, 0.3) is 0 Å². The SMILES string of the molecule is BrC(Br)c1cc(CCCOCc2ccccc2)ccn1. The summed E-state index contributed by atoms with van der Waals surface area (Å²) in [6.07, 6.45) is 3.88. The molecule has 0 aliphatic rings. The number of hydrogen-bond donors (Lipinski definition) is 0. The summed E-state index contributed by atoms with van der Waals surface area (Å²) in [7, 11) is 0. The fraction of sp³-hybridized carbons (Fsp3) is 0.312. The monoisotopic (exact) mass is 397 g/mol. The molecule has 2 nitrogen and oxygen atoms in total. The molecule has 4 heteroatoms. The van der Waals surface area contributed by atoms with Gasteiger partial charge >= 0.3 is 0 Å². The minimum Gasteiger partial charge on any atom is -0.377 e. The van der Waals surface area contributed by atoms with E-state index in [1.54, 1.807) is 0 Å². The lowest BCUT2D eigenvalue weighted by molar-refractivity contribution is 0.118. The average molecular weight is 399 g/mol. The molecule has 2 aromatic rings. The molecule has 1 aromatic heterocycles. The zero-order valence-corrected chi connectivity index (χ0v) is 14.3. The third kappa shape index (κ3) is 5.35.